The van der Waals surface area contributed by atoms with Crippen molar-refractivity contribution in [2.75, 3.05) is 18.4 Å². The van der Waals surface area contributed by atoms with Crippen LogP contribution in [0.15, 0.2) is 46.0 Å². The first-order valence-corrected chi connectivity index (χ1v) is 9.88. The third kappa shape index (κ3) is 3.87. The first kappa shape index (κ1) is 18.4. The summed E-state index contributed by atoms with van der Waals surface area (Å²) in [4.78, 5) is 13.8. The van der Waals surface area contributed by atoms with Crippen molar-refractivity contribution in [2.24, 2.45) is 5.92 Å². The number of carbonyl (C=O) groups is 1. The zero-order chi connectivity index (χ0) is 18.7. The zero-order valence-electron chi connectivity index (χ0n) is 14.3. The average molecular weight is 381 g/mol. The van der Waals surface area contributed by atoms with E-state index in [0.717, 1.165) is 6.07 Å². The van der Waals surface area contributed by atoms with E-state index in [1.807, 2.05) is 0 Å². The molecule has 140 valence electrons. The lowest BCUT2D eigenvalue weighted by atomic mass is 9.94. The van der Waals surface area contributed by atoms with Crippen molar-refractivity contribution >= 4 is 21.7 Å². The number of nitrogens with one attached hydrogen (secondary N) is 1. The van der Waals surface area contributed by atoms with E-state index in [-0.39, 0.29) is 16.8 Å². The molecule has 0 bridgehead atoms. The van der Waals surface area contributed by atoms with E-state index in [1.54, 1.807) is 11.8 Å². The largest absolute Gasteiger partial charge is 0.363 e. The summed E-state index contributed by atoms with van der Waals surface area (Å²) in [5.74, 6) is -0.337. The fourth-order valence-electron chi connectivity index (χ4n) is 3.15. The number of urea groups is 1. The highest BCUT2D eigenvalue weighted by Gasteiger charge is 2.34. The van der Waals surface area contributed by atoms with Crippen LogP contribution in [0.3, 0.4) is 0 Å². The number of hydrogen-bond acceptors (Lipinski definition) is 5. The monoisotopic (exact) mass is 381 g/mol. The summed E-state index contributed by atoms with van der Waals surface area (Å²) in [6.45, 7) is 2.53. The van der Waals surface area contributed by atoms with Gasteiger partial charge in [0.2, 0.25) is 0 Å². The molecule has 9 heteroatoms. The maximum absolute atomic E-state index is 13.4. The maximum Gasteiger partial charge on any atom is 0.323 e. The number of hydrogen-bond donors (Lipinski definition) is 1. The molecule has 2 aromatic rings. The van der Waals surface area contributed by atoms with Crippen molar-refractivity contribution in [2.45, 2.75) is 29.9 Å². The molecular formula is C17H20FN3O4S. The Hall–Kier alpha value is -2.42. The molecule has 1 aliphatic rings. The van der Waals surface area contributed by atoms with Gasteiger partial charge in [-0.15, -0.1) is 0 Å². The van der Waals surface area contributed by atoms with Gasteiger partial charge in [-0.3, -0.25) is 5.32 Å². The molecule has 0 spiro atoms. The smallest absolute Gasteiger partial charge is 0.323 e. The van der Waals surface area contributed by atoms with Crippen molar-refractivity contribution in [3.05, 3.63) is 42.4 Å². The highest BCUT2D eigenvalue weighted by molar-refractivity contribution is 7.92. The van der Waals surface area contributed by atoms with Crippen molar-refractivity contribution in [3.8, 4) is 0 Å². The van der Waals surface area contributed by atoms with Gasteiger partial charge in [0.1, 0.15) is 12.1 Å². The van der Waals surface area contributed by atoms with Crippen LogP contribution in [0, 0.1) is 11.7 Å². The summed E-state index contributed by atoms with van der Waals surface area (Å²) in [6.07, 6.45) is 2.48. The normalized spacial score (nSPS) is 17.1. The van der Waals surface area contributed by atoms with Gasteiger partial charge < -0.3 is 9.42 Å². The Morgan fingerprint density at radius 1 is 1.35 bits per heavy atom. The first-order chi connectivity index (χ1) is 12.4. The second kappa shape index (κ2) is 7.45. The Kier molecular flexibility index (Phi) is 5.26. The minimum atomic E-state index is -3.62. The van der Waals surface area contributed by atoms with E-state index in [4.69, 9.17) is 0 Å². The summed E-state index contributed by atoms with van der Waals surface area (Å²) in [6, 6.07) is 6.32. The van der Waals surface area contributed by atoms with Gasteiger partial charge in [0, 0.05) is 19.2 Å². The third-order valence-corrected chi connectivity index (χ3v) is 7.05. The summed E-state index contributed by atoms with van der Waals surface area (Å²) in [7, 11) is -3.62. The van der Waals surface area contributed by atoms with Crippen LogP contribution in [0.2, 0.25) is 0 Å². The highest BCUT2D eigenvalue weighted by atomic mass is 32.2. The first-order valence-electron chi connectivity index (χ1n) is 8.33. The molecule has 1 atom stereocenters. The Bertz CT molecular complexity index is 862. The number of carbonyl (C=O) groups excluding carboxylic acids is 1. The summed E-state index contributed by atoms with van der Waals surface area (Å²) in [5, 5.41) is 5.60. The van der Waals surface area contributed by atoms with E-state index in [0.29, 0.717) is 31.7 Å². The van der Waals surface area contributed by atoms with Gasteiger partial charge in [0.15, 0.2) is 15.7 Å². The maximum atomic E-state index is 13.4. The van der Waals surface area contributed by atoms with Crippen LogP contribution in [0.25, 0.3) is 0 Å². The standard InChI is InChI=1S/C17H20FN3O4S/c1-12(26(23,24)15-4-2-3-14(18)11-15)13-5-8-21(9-6-13)17(22)19-16-7-10-25-20-16/h2-4,7,10-13H,5-6,8-9H2,1H3,(H,19,20,22). The molecule has 1 unspecified atom stereocenters. The molecule has 0 saturated carbocycles. The summed E-state index contributed by atoms with van der Waals surface area (Å²) < 4.78 is 43.5. The summed E-state index contributed by atoms with van der Waals surface area (Å²) in [5.41, 5.74) is 0. The Morgan fingerprint density at radius 3 is 2.69 bits per heavy atom. The molecule has 2 heterocycles. The van der Waals surface area contributed by atoms with Crippen molar-refractivity contribution in [1.29, 1.82) is 0 Å². The van der Waals surface area contributed by atoms with Crippen LogP contribution in [-0.2, 0) is 9.84 Å². The molecule has 3 rings (SSSR count). The van der Waals surface area contributed by atoms with E-state index in [9.17, 15) is 17.6 Å². The van der Waals surface area contributed by atoms with E-state index < -0.39 is 20.9 Å². The van der Waals surface area contributed by atoms with Gasteiger partial charge in [0.05, 0.1) is 10.1 Å². The lowest BCUT2D eigenvalue weighted by molar-refractivity contribution is 0.181. The van der Waals surface area contributed by atoms with E-state index >= 15 is 0 Å². The van der Waals surface area contributed by atoms with E-state index in [1.165, 1.54) is 30.5 Å². The topological polar surface area (TPSA) is 92.5 Å². The lowest BCUT2D eigenvalue weighted by Crippen LogP contribution is -2.44. The third-order valence-electron chi connectivity index (χ3n) is 4.78. The minimum absolute atomic E-state index is 0.00351. The second-order valence-corrected chi connectivity index (χ2v) is 8.65. The quantitative estimate of drug-likeness (QED) is 0.879. The number of halogens is 1. The van der Waals surface area contributed by atoms with Crippen LogP contribution in [-0.4, -0.2) is 42.8 Å². The molecule has 1 N–H and O–H groups in total. The molecule has 0 radical (unpaired) electrons. The van der Waals surface area contributed by atoms with Crippen LogP contribution >= 0.6 is 0 Å². The predicted octanol–water partition coefficient (Wildman–Crippen LogP) is 2.92. The Labute approximate surface area is 151 Å². The molecule has 2 amide bonds. The molecule has 1 saturated heterocycles. The van der Waals surface area contributed by atoms with Crippen molar-refractivity contribution in [3.63, 3.8) is 0 Å². The zero-order valence-corrected chi connectivity index (χ0v) is 15.1. The van der Waals surface area contributed by atoms with Crippen LogP contribution < -0.4 is 5.32 Å². The number of piperidine rings is 1. The average Bonchev–Trinajstić information content (AvgIpc) is 3.14. The summed E-state index contributed by atoms with van der Waals surface area (Å²) >= 11 is 0. The lowest BCUT2D eigenvalue weighted by Gasteiger charge is -2.34. The number of benzene rings is 1. The number of amides is 2. The van der Waals surface area contributed by atoms with Gasteiger partial charge in [-0.05, 0) is 43.9 Å². The molecule has 7 nitrogen and oxygen atoms in total. The molecule has 26 heavy (non-hydrogen) atoms. The fraction of sp³-hybridized carbons (Fsp3) is 0.412. The van der Waals surface area contributed by atoms with Gasteiger partial charge in [-0.2, -0.15) is 0 Å². The van der Waals surface area contributed by atoms with Gasteiger partial charge in [-0.25, -0.2) is 17.6 Å². The predicted molar refractivity (Wildman–Crippen MR) is 92.9 cm³/mol. The van der Waals surface area contributed by atoms with Gasteiger partial charge in [-0.1, -0.05) is 11.2 Å². The van der Waals surface area contributed by atoms with Crippen molar-refractivity contribution < 1.29 is 22.1 Å². The second-order valence-electron chi connectivity index (χ2n) is 6.35. The van der Waals surface area contributed by atoms with Crippen molar-refractivity contribution in [1.82, 2.24) is 10.1 Å². The van der Waals surface area contributed by atoms with E-state index in [2.05, 4.69) is 15.0 Å². The minimum Gasteiger partial charge on any atom is -0.363 e. The molecule has 1 aromatic heterocycles. The van der Waals surface area contributed by atoms with Crippen LogP contribution in [0.4, 0.5) is 15.0 Å². The number of aromatic nitrogens is 1. The number of likely N-dealkylation sites (tertiary alicyclic amines) is 1. The SMILES string of the molecule is CC(C1CCN(C(=O)Nc2ccon2)CC1)S(=O)(=O)c1cccc(F)c1. The Morgan fingerprint density at radius 2 is 2.08 bits per heavy atom. The highest BCUT2D eigenvalue weighted by Crippen LogP contribution is 2.29. The number of anilines is 1. The fourth-order valence-corrected chi connectivity index (χ4v) is 4.90. The number of sulfone groups is 1. The molecule has 0 aliphatic carbocycles. The van der Waals surface area contributed by atoms with Crippen LogP contribution in [0.5, 0.6) is 0 Å². The molecule has 1 fully saturated rings. The number of rotatable bonds is 4. The van der Waals surface area contributed by atoms with Crippen LogP contribution in [0.1, 0.15) is 19.8 Å². The van der Waals surface area contributed by atoms with Gasteiger partial charge >= 0.3 is 6.03 Å². The number of nitrogens with zero attached hydrogens (tertiary/aromatic N) is 2. The Balaban J connectivity index is 1.61. The molecule has 1 aliphatic heterocycles. The molecular weight excluding hydrogens is 361 g/mol. The van der Waals surface area contributed by atoms with Gasteiger partial charge in [0.25, 0.3) is 0 Å². The molecule has 1 aromatic carbocycles.